The zero-order valence-corrected chi connectivity index (χ0v) is 15.7. The molecule has 0 aromatic heterocycles. The molecule has 1 N–H and O–H groups in total. The van der Waals surface area contributed by atoms with Crippen LogP contribution in [0.2, 0.25) is 0 Å². The molecular formula is C19H31N3O3. The average Bonchev–Trinajstić information content (AvgIpc) is 2.65. The highest BCUT2D eigenvalue weighted by molar-refractivity contribution is 5.79. The first-order chi connectivity index (χ1) is 12.3. The Morgan fingerprint density at radius 1 is 1.20 bits per heavy atom. The van der Waals surface area contributed by atoms with E-state index >= 15 is 0 Å². The Balaban J connectivity index is 1.77. The van der Waals surface area contributed by atoms with Crippen molar-refractivity contribution in [3.8, 4) is 5.75 Å². The van der Waals surface area contributed by atoms with Crippen molar-refractivity contribution >= 4 is 5.96 Å². The second kappa shape index (κ2) is 10.9. The topological polar surface area (TPSA) is 55.3 Å². The van der Waals surface area contributed by atoms with Crippen LogP contribution in [0.5, 0.6) is 5.75 Å². The maximum atomic E-state index is 5.71. The number of aliphatic imine (C=N–C) groups is 1. The zero-order valence-electron chi connectivity index (χ0n) is 15.7. The molecule has 1 saturated heterocycles. The van der Waals surface area contributed by atoms with Gasteiger partial charge in [-0.3, -0.25) is 4.99 Å². The molecular weight excluding hydrogens is 318 g/mol. The number of likely N-dealkylation sites (tertiary alicyclic amines) is 1. The van der Waals surface area contributed by atoms with Crippen LogP contribution in [0.3, 0.4) is 0 Å². The summed E-state index contributed by atoms with van der Waals surface area (Å²) in [6.45, 7) is 6.73. The van der Waals surface area contributed by atoms with Crippen LogP contribution < -0.4 is 10.1 Å². The molecule has 140 valence electrons. The van der Waals surface area contributed by atoms with E-state index in [1.165, 1.54) is 5.56 Å². The van der Waals surface area contributed by atoms with Crippen molar-refractivity contribution in [2.24, 2.45) is 4.99 Å². The number of guanidine groups is 1. The fourth-order valence-electron chi connectivity index (χ4n) is 2.93. The molecule has 6 nitrogen and oxygen atoms in total. The van der Waals surface area contributed by atoms with Gasteiger partial charge in [0.25, 0.3) is 0 Å². The molecule has 0 aliphatic carbocycles. The number of ether oxygens (including phenoxy) is 3. The van der Waals surface area contributed by atoms with Crippen molar-refractivity contribution in [2.45, 2.75) is 32.4 Å². The van der Waals surface area contributed by atoms with Gasteiger partial charge in [-0.05, 0) is 37.5 Å². The lowest BCUT2D eigenvalue weighted by molar-refractivity contribution is 0.0263. The maximum Gasteiger partial charge on any atom is 0.193 e. The molecule has 1 aliphatic rings. The van der Waals surface area contributed by atoms with Gasteiger partial charge >= 0.3 is 0 Å². The molecule has 1 heterocycles. The molecule has 0 saturated carbocycles. The minimum atomic E-state index is 0.394. The summed E-state index contributed by atoms with van der Waals surface area (Å²) in [6, 6.07) is 8.12. The molecule has 1 aromatic carbocycles. The number of benzene rings is 1. The smallest absolute Gasteiger partial charge is 0.193 e. The third kappa shape index (κ3) is 6.55. The van der Waals surface area contributed by atoms with Gasteiger partial charge in [0.05, 0.1) is 12.7 Å². The van der Waals surface area contributed by atoms with E-state index in [0.717, 1.165) is 50.8 Å². The molecule has 0 spiro atoms. The Morgan fingerprint density at radius 2 is 1.92 bits per heavy atom. The third-order valence-electron chi connectivity index (χ3n) is 4.29. The molecule has 0 amide bonds. The number of rotatable bonds is 8. The second-order valence-corrected chi connectivity index (χ2v) is 6.03. The van der Waals surface area contributed by atoms with Gasteiger partial charge in [0.2, 0.25) is 0 Å². The number of hydrogen-bond donors (Lipinski definition) is 1. The van der Waals surface area contributed by atoms with Crippen LogP contribution in [-0.2, 0) is 16.0 Å². The molecule has 0 bridgehead atoms. The molecule has 2 rings (SSSR count). The van der Waals surface area contributed by atoms with E-state index in [4.69, 9.17) is 14.2 Å². The van der Waals surface area contributed by atoms with Gasteiger partial charge < -0.3 is 24.4 Å². The average molecular weight is 349 g/mol. The first-order valence-corrected chi connectivity index (χ1v) is 9.04. The second-order valence-electron chi connectivity index (χ2n) is 6.03. The summed E-state index contributed by atoms with van der Waals surface area (Å²) in [5.41, 5.74) is 1.20. The molecule has 0 atom stereocenters. The van der Waals surface area contributed by atoms with Crippen LogP contribution in [0.1, 0.15) is 25.3 Å². The van der Waals surface area contributed by atoms with E-state index in [9.17, 15) is 0 Å². The predicted molar refractivity (Wildman–Crippen MR) is 100 cm³/mol. The van der Waals surface area contributed by atoms with E-state index in [1.807, 2.05) is 19.2 Å². The van der Waals surface area contributed by atoms with Gasteiger partial charge in [-0.25, -0.2) is 0 Å². The van der Waals surface area contributed by atoms with Crippen molar-refractivity contribution in [3.05, 3.63) is 29.8 Å². The lowest BCUT2D eigenvalue weighted by atomic mass is 10.1. The van der Waals surface area contributed by atoms with Crippen LogP contribution >= 0.6 is 0 Å². The van der Waals surface area contributed by atoms with Crippen molar-refractivity contribution in [2.75, 3.05) is 47.1 Å². The minimum Gasteiger partial charge on any atom is -0.491 e. The van der Waals surface area contributed by atoms with Crippen LogP contribution in [-0.4, -0.2) is 64.0 Å². The highest BCUT2D eigenvalue weighted by Crippen LogP contribution is 2.15. The van der Waals surface area contributed by atoms with Gasteiger partial charge in [0.1, 0.15) is 12.4 Å². The van der Waals surface area contributed by atoms with Gasteiger partial charge in [0, 0.05) is 40.4 Å². The highest BCUT2D eigenvalue weighted by Gasteiger charge is 2.21. The molecule has 1 aliphatic heterocycles. The summed E-state index contributed by atoms with van der Waals surface area (Å²) >= 11 is 0. The summed E-state index contributed by atoms with van der Waals surface area (Å²) in [5.74, 6) is 1.82. The zero-order chi connectivity index (χ0) is 17.9. The Kier molecular flexibility index (Phi) is 8.55. The monoisotopic (exact) mass is 349 g/mol. The number of methoxy groups -OCH3 is 1. The maximum absolute atomic E-state index is 5.71. The Hall–Kier alpha value is -1.79. The molecule has 0 radical (unpaired) electrons. The standard InChI is InChI=1S/C19H31N3O3/c1-4-24-18-9-11-22(12-10-18)19(20-2)21-15-16-5-7-17(8-6-16)25-14-13-23-3/h5-8,18H,4,9-15H2,1-3H3,(H,20,21). The van der Waals surface area contributed by atoms with Crippen LogP contribution in [0.15, 0.2) is 29.3 Å². The molecule has 25 heavy (non-hydrogen) atoms. The van der Waals surface area contributed by atoms with E-state index in [2.05, 4.69) is 34.3 Å². The van der Waals surface area contributed by atoms with Gasteiger partial charge in [-0.2, -0.15) is 0 Å². The summed E-state index contributed by atoms with van der Waals surface area (Å²) in [4.78, 5) is 6.72. The summed E-state index contributed by atoms with van der Waals surface area (Å²) in [5, 5.41) is 3.45. The SMILES string of the molecule is CCOC1CCN(C(=NC)NCc2ccc(OCCOC)cc2)CC1. The van der Waals surface area contributed by atoms with Crippen LogP contribution in [0.25, 0.3) is 0 Å². The number of nitrogens with zero attached hydrogens (tertiary/aromatic N) is 2. The summed E-state index contributed by atoms with van der Waals surface area (Å²) in [6.07, 6.45) is 2.51. The quantitative estimate of drug-likeness (QED) is 0.443. The lowest BCUT2D eigenvalue weighted by Gasteiger charge is -2.34. The van der Waals surface area contributed by atoms with E-state index in [0.29, 0.717) is 19.3 Å². The van der Waals surface area contributed by atoms with Crippen molar-refractivity contribution in [1.82, 2.24) is 10.2 Å². The molecule has 6 heteroatoms. The fraction of sp³-hybridized carbons (Fsp3) is 0.632. The summed E-state index contributed by atoms with van der Waals surface area (Å²) < 4.78 is 16.3. The van der Waals surface area contributed by atoms with Gasteiger partial charge in [-0.1, -0.05) is 12.1 Å². The first kappa shape index (κ1) is 19.5. The fourth-order valence-corrected chi connectivity index (χ4v) is 2.93. The lowest BCUT2D eigenvalue weighted by Crippen LogP contribution is -2.46. The first-order valence-electron chi connectivity index (χ1n) is 9.04. The van der Waals surface area contributed by atoms with Gasteiger partial charge in [0.15, 0.2) is 5.96 Å². The van der Waals surface area contributed by atoms with Crippen molar-refractivity contribution < 1.29 is 14.2 Å². The van der Waals surface area contributed by atoms with E-state index in [1.54, 1.807) is 7.11 Å². The predicted octanol–water partition coefficient (Wildman–Crippen LogP) is 2.29. The Labute approximate surface area is 151 Å². The number of piperidine rings is 1. The van der Waals surface area contributed by atoms with Crippen molar-refractivity contribution in [3.63, 3.8) is 0 Å². The number of nitrogens with one attached hydrogen (secondary N) is 1. The third-order valence-corrected chi connectivity index (χ3v) is 4.29. The van der Waals surface area contributed by atoms with E-state index in [-0.39, 0.29) is 0 Å². The minimum absolute atomic E-state index is 0.394. The Morgan fingerprint density at radius 3 is 2.52 bits per heavy atom. The van der Waals surface area contributed by atoms with Gasteiger partial charge in [-0.15, -0.1) is 0 Å². The van der Waals surface area contributed by atoms with Crippen LogP contribution in [0.4, 0.5) is 0 Å². The van der Waals surface area contributed by atoms with E-state index < -0.39 is 0 Å². The highest BCUT2D eigenvalue weighted by atomic mass is 16.5. The molecule has 1 aromatic rings. The molecule has 1 fully saturated rings. The number of hydrogen-bond acceptors (Lipinski definition) is 4. The molecule has 0 unspecified atom stereocenters. The summed E-state index contributed by atoms with van der Waals surface area (Å²) in [7, 11) is 3.51. The van der Waals surface area contributed by atoms with Crippen molar-refractivity contribution in [1.29, 1.82) is 0 Å². The van der Waals surface area contributed by atoms with Crippen LogP contribution in [0, 0.1) is 0 Å². The normalized spacial score (nSPS) is 16.1. The Bertz CT molecular complexity index is 511. The largest absolute Gasteiger partial charge is 0.491 e.